The summed E-state index contributed by atoms with van der Waals surface area (Å²) in [5.74, 6) is 0.504. The van der Waals surface area contributed by atoms with Gasteiger partial charge in [-0.3, -0.25) is 9.69 Å². The molecule has 0 radical (unpaired) electrons. The largest absolute Gasteiger partial charge is 0.506 e. The Labute approximate surface area is 154 Å². The molecule has 2 aromatic carbocycles. The maximum absolute atomic E-state index is 13.0. The summed E-state index contributed by atoms with van der Waals surface area (Å²) in [4.78, 5) is 19.4. The van der Waals surface area contributed by atoms with E-state index in [1.54, 1.807) is 6.07 Å². The minimum absolute atomic E-state index is 0.132. The van der Waals surface area contributed by atoms with Crippen molar-refractivity contribution in [1.82, 2.24) is 4.90 Å². The number of hydrogen-bond acceptors (Lipinski definition) is 4. The van der Waals surface area contributed by atoms with Crippen molar-refractivity contribution in [2.45, 2.75) is 19.4 Å². The van der Waals surface area contributed by atoms with Crippen LogP contribution in [0.2, 0.25) is 0 Å². The highest BCUT2D eigenvalue weighted by molar-refractivity contribution is 5.98. The van der Waals surface area contributed by atoms with E-state index in [2.05, 4.69) is 15.9 Å². The number of piperazine rings is 1. The number of hydrogen-bond donors (Lipinski definition) is 1. The number of nitrogens with zero attached hydrogens (tertiary/aromatic N) is 3. The fourth-order valence-electron chi connectivity index (χ4n) is 4.03. The summed E-state index contributed by atoms with van der Waals surface area (Å²) in [6.45, 7) is 6.05. The van der Waals surface area contributed by atoms with Gasteiger partial charge in [-0.25, -0.2) is 0 Å². The van der Waals surface area contributed by atoms with Gasteiger partial charge in [0.25, 0.3) is 0 Å². The van der Waals surface area contributed by atoms with E-state index in [0.29, 0.717) is 5.75 Å². The lowest BCUT2D eigenvalue weighted by Gasteiger charge is -2.39. The Morgan fingerprint density at radius 2 is 1.58 bits per heavy atom. The van der Waals surface area contributed by atoms with Crippen LogP contribution < -0.4 is 9.80 Å². The molecule has 5 nitrogen and oxygen atoms in total. The number of amides is 1. The van der Waals surface area contributed by atoms with Crippen molar-refractivity contribution >= 4 is 17.3 Å². The van der Waals surface area contributed by atoms with Crippen LogP contribution >= 0.6 is 0 Å². The van der Waals surface area contributed by atoms with Crippen LogP contribution in [0, 0.1) is 0 Å². The third-order valence-electron chi connectivity index (χ3n) is 5.59. The summed E-state index contributed by atoms with van der Waals surface area (Å²) in [5.41, 5.74) is 3.20. The predicted molar refractivity (Wildman–Crippen MR) is 104 cm³/mol. The normalized spacial score (nSPS) is 18.7. The molecule has 4 rings (SSSR count). The van der Waals surface area contributed by atoms with Gasteiger partial charge in [-0.1, -0.05) is 30.3 Å². The molecule has 0 aliphatic carbocycles. The first kappa shape index (κ1) is 16.9. The fraction of sp³-hybridized carbons (Fsp3) is 0.381. The Morgan fingerprint density at radius 3 is 2.31 bits per heavy atom. The second kappa shape index (κ2) is 7.00. The molecule has 0 bridgehead atoms. The van der Waals surface area contributed by atoms with Crippen LogP contribution in [0.5, 0.6) is 5.75 Å². The molecule has 0 saturated carbocycles. The first-order chi connectivity index (χ1) is 12.6. The molecule has 0 aromatic heterocycles. The molecule has 26 heavy (non-hydrogen) atoms. The van der Waals surface area contributed by atoms with Crippen molar-refractivity contribution in [2.24, 2.45) is 0 Å². The van der Waals surface area contributed by atoms with E-state index in [-0.39, 0.29) is 11.9 Å². The first-order valence-electron chi connectivity index (χ1n) is 9.31. The Bertz CT molecular complexity index is 799. The van der Waals surface area contributed by atoms with E-state index in [4.69, 9.17) is 0 Å². The topological polar surface area (TPSA) is 47.0 Å². The summed E-state index contributed by atoms with van der Waals surface area (Å²) in [6, 6.07) is 15.5. The highest BCUT2D eigenvalue weighted by Crippen LogP contribution is 2.30. The molecular weight excluding hydrogens is 326 g/mol. The molecule has 2 heterocycles. The molecule has 1 amide bonds. The number of anilines is 2. The molecule has 1 unspecified atom stereocenters. The van der Waals surface area contributed by atoms with Crippen LogP contribution in [0.25, 0.3) is 0 Å². The zero-order valence-electron chi connectivity index (χ0n) is 15.1. The minimum atomic E-state index is -0.132. The van der Waals surface area contributed by atoms with Gasteiger partial charge in [0.05, 0.1) is 11.7 Å². The molecule has 2 aliphatic heterocycles. The Balaban J connectivity index is 1.40. The zero-order valence-corrected chi connectivity index (χ0v) is 15.1. The van der Waals surface area contributed by atoms with Gasteiger partial charge >= 0.3 is 0 Å². The van der Waals surface area contributed by atoms with Gasteiger partial charge in [0, 0.05) is 38.4 Å². The summed E-state index contributed by atoms with van der Waals surface area (Å²) in [6.07, 6.45) is 0.940. The maximum atomic E-state index is 13.0. The summed E-state index contributed by atoms with van der Waals surface area (Å²) < 4.78 is 0. The van der Waals surface area contributed by atoms with Crippen LogP contribution in [0.1, 0.15) is 12.5 Å². The summed E-state index contributed by atoms with van der Waals surface area (Å²) >= 11 is 0. The molecule has 5 heteroatoms. The van der Waals surface area contributed by atoms with Gasteiger partial charge in [0.2, 0.25) is 5.91 Å². The Hall–Kier alpha value is -2.53. The minimum Gasteiger partial charge on any atom is -0.506 e. The number of phenols is 1. The fourth-order valence-corrected chi connectivity index (χ4v) is 4.03. The van der Waals surface area contributed by atoms with Crippen molar-refractivity contribution in [3.05, 3.63) is 54.1 Å². The molecular formula is C21H25N3O2. The van der Waals surface area contributed by atoms with Crippen LogP contribution in [-0.2, 0) is 11.2 Å². The number of para-hydroxylation sites is 3. The van der Waals surface area contributed by atoms with Crippen molar-refractivity contribution in [3.8, 4) is 5.75 Å². The van der Waals surface area contributed by atoms with Gasteiger partial charge in [-0.2, -0.15) is 0 Å². The molecule has 1 fully saturated rings. The van der Waals surface area contributed by atoms with Gasteiger partial charge in [-0.05, 0) is 37.1 Å². The van der Waals surface area contributed by atoms with Crippen LogP contribution in [0.4, 0.5) is 11.4 Å². The molecule has 136 valence electrons. The van der Waals surface area contributed by atoms with Gasteiger partial charge in [-0.15, -0.1) is 0 Å². The van der Waals surface area contributed by atoms with Gasteiger partial charge < -0.3 is 14.9 Å². The van der Waals surface area contributed by atoms with Crippen molar-refractivity contribution in [3.63, 3.8) is 0 Å². The number of phenolic OH excluding ortho intramolecular Hbond substituents is 1. The number of aromatic hydroxyl groups is 1. The molecule has 1 saturated heterocycles. The second-order valence-electron chi connectivity index (χ2n) is 7.06. The smallest absolute Gasteiger partial charge is 0.244 e. The van der Waals surface area contributed by atoms with Gasteiger partial charge in [0.1, 0.15) is 5.75 Å². The van der Waals surface area contributed by atoms with Crippen molar-refractivity contribution in [1.29, 1.82) is 0 Å². The van der Waals surface area contributed by atoms with E-state index in [1.807, 2.05) is 48.2 Å². The summed E-state index contributed by atoms with van der Waals surface area (Å²) in [7, 11) is 0. The van der Waals surface area contributed by atoms with Crippen LogP contribution in [0.3, 0.4) is 0 Å². The SMILES string of the molecule is CC(C(=O)N1CCc2ccccc21)N1CCN(c2ccccc2O)CC1. The zero-order chi connectivity index (χ0) is 18.1. The Morgan fingerprint density at radius 1 is 0.923 bits per heavy atom. The lowest BCUT2D eigenvalue weighted by molar-refractivity contribution is -0.123. The molecule has 2 aromatic rings. The number of carbonyl (C=O) groups is 1. The Kier molecular flexibility index (Phi) is 4.55. The molecule has 2 aliphatic rings. The average molecular weight is 351 g/mol. The number of fused-ring (bicyclic) bond motifs is 1. The molecule has 0 spiro atoms. The van der Waals surface area contributed by atoms with E-state index < -0.39 is 0 Å². The van der Waals surface area contributed by atoms with E-state index in [9.17, 15) is 9.90 Å². The lowest BCUT2D eigenvalue weighted by atomic mass is 10.1. The maximum Gasteiger partial charge on any atom is 0.244 e. The quantitative estimate of drug-likeness (QED) is 0.923. The molecule has 1 N–H and O–H groups in total. The average Bonchev–Trinajstić information content (AvgIpc) is 3.11. The van der Waals surface area contributed by atoms with E-state index >= 15 is 0 Å². The summed E-state index contributed by atoms with van der Waals surface area (Å²) in [5, 5.41) is 10.0. The van der Waals surface area contributed by atoms with E-state index in [1.165, 1.54) is 5.56 Å². The predicted octanol–water partition coefficient (Wildman–Crippen LogP) is 2.49. The third kappa shape index (κ3) is 3.03. The number of rotatable bonds is 3. The standard InChI is InChI=1S/C21H25N3O2/c1-16(21(26)24-11-10-17-6-2-3-7-18(17)24)22-12-14-23(15-13-22)19-8-4-5-9-20(19)25/h2-9,16,25H,10-15H2,1H3. The van der Waals surface area contributed by atoms with E-state index in [0.717, 1.165) is 50.5 Å². The highest BCUT2D eigenvalue weighted by Gasteiger charge is 2.32. The van der Waals surface area contributed by atoms with Crippen LogP contribution in [0.15, 0.2) is 48.5 Å². The van der Waals surface area contributed by atoms with Crippen molar-refractivity contribution < 1.29 is 9.90 Å². The lowest BCUT2D eigenvalue weighted by Crippen LogP contribution is -2.54. The number of benzene rings is 2. The monoisotopic (exact) mass is 351 g/mol. The first-order valence-corrected chi connectivity index (χ1v) is 9.31. The second-order valence-corrected chi connectivity index (χ2v) is 7.06. The van der Waals surface area contributed by atoms with Gasteiger partial charge in [0.15, 0.2) is 0 Å². The van der Waals surface area contributed by atoms with Crippen LogP contribution in [-0.4, -0.2) is 54.7 Å². The molecule has 1 atom stereocenters. The third-order valence-corrected chi connectivity index (χ3v) is 5.59. The number of carbonyl (C=O) groups excluding carboxylic acids is 1. The highest BCUT2D eigenvalue weighted by atomic mass is 16.3. The van der Waals surface area contributed by atoms with Crippen molar-refractivity contribution in [2.75, 3.05) is 42.5 Å².